The second-order valence-electron chi connectivity index (χ2n) is 4.35. The van der Waals surface area contributed by atoms with Gasteiger partial charge in [-0.3, -0.25) is 4.79 Å². The number of hydrogen-bond acceptors (Lipinski definition) is 3. The maximum absolute atomic E-state index is 11.5. The minimum Gasteiger partial charge on any atom is -0.411 e. The summed E-state index contributed by atoms with van der Waals surface area (Å²) in [4.78, 5) is 11.5. The zero-order valence-corrected chi connectivity index (χ0v) is 7.37. The van der Waals surface area contributed by atoms with Crippen molar-refractivity contribution in [1.29, 1.82) is 0 Å². The summed E-state index contributed by atoms with van der Waals surface area (Å²) >= 11 is 0. The van der Waals surface area contributed by atoms with E-state index in [1.54, 1.807) is 0 Å². The second kappa shape index (κ2) is 2.09. The first-order chi connectivity index (χ1) is 5.59. The highest BCUT2D eigenvalue weighted by atomic mass is 16.4. The lowest BCUT2D eigenvalue weighted by molar-refractivity contribution is -0.117. The van der Waals surface area contributed by atoms with E-state index in [2.05, 4.69) is 19.0 Å². The van der Waals surface area contributed by atoms with Crippen molar-refractivity contribution < 1.29 is 10.0 Å². The van der Waals surface area contributed by atoms with E-state index < -0.39 is 0 Å². The molecule has 2 atom stereocenters. The molecule has 0 amide bonds. The Morgan fingerprint density at radius 3 is 2.33 bits per heavy atom. The molecule has 2 rings (SSSR count). The van der Waals surface area contributed by atoms with Gasteiger partial charge in [-0.1, -0.05) is 19.0 Å². The highest BCUT2D eigenvalue weighted by Crippen LogP contribution is 2.54. The minimum absolute atomic E-state index is 0.0264. The van der Waals surface area contributed by atoms with Gasteiger partial charge >= 0.3 is 0 Å². The van der Waals surface area contributed by atoms with Gasteiger partial charge in [0, 0.05) is 11.8 Å². The van der Waals surface area contributed by atoms with Crippen molar-refractivity contribution in [3.8, 4) is 0 Å². The quantitative estimate of drug-likeness (QED) is 0.438. The van der Waals surface area contributed by atoms with E-state index in [0.29, 0.717) is 5.71 Å². The van der Waals surface area contributed by atoms with Crippen molar-refractivity contribution in [1.82, 2.24) is 0 Å². The van der Waals surface area contributed by atoms with E-state index in [4.69, 9.17) is 5.21 Å². The molecule has 0 aromatic rings. The fourth-order valence-corrected chi connectivity index (χ4v) is 2.75. The van der Waals surface area contributed by atoms with Crippen LogP contribution in [0.3, 0.4) is 0 Å². The van der Waals surface area contributed by atoms with Gasteiger partial charge in [0.25, 0.3) is 0 Å². The van der Waals surface area contributed by atoms with Gasteiger partial charge in [0.1, 0.15) is 5.71 Å². The Balaban J connectivity index is 2.46. The van der Waals surface area contributed by atoms with E-state index in [1.165, 1.54) is 0 Å². The number of nitrogens with zero attached hydrogens (tertiary/aromatic N) is 1. The normalized spacial score (nSPS) is 41.2. The van der Waals surface area contributed by atoms with Crippen LogP contribution in [0.1, 0.15) is 26.7 Å². The van der Waals surface area contributed by atoms with Crippen LogP contribution in [0, 0.1) is 17.3 Å². The Morgan fingerprint density at radius 2 is 2.00 bits per heavy atom. The van der Waals surface area contributed by atoms with Crippen molar-refractivity contribution in [2.24, 2.45) is 22.4 Å². The van der Waals surface area contributed by atoms with Gasteiger partial charge in [0.05, 0.1) is 0 Å². The Labute approximate surface area is 71.5 Å². The molecule has 0 spiro atoms. The summed E-state index contributed by atoms with van der Waals surface area (Å²) in [5, 5.41) is 11.8. The molecule has 2 aliphatic carbocycles. The van der Waals surface area contributed by atoms with Crippen LogP contribution in [0.15, 0.2) is 5.16 Å². The molecule has 66 valence electrons. The second-order valence-corrected chi connectivity index (χ2v) is 4.35. The van der Waals surface area contributed by atoms with Gasteiger partial charge in [0.15, 0.2) is 5.78 Å². The van der Waals surface area contributed by atoms with E-state index in [0.717, 1.165) is 12.8 Å². The minimum atomic E-state index is 0.0264. The first-order valence-corrected chi connectivity index (χ1v) is 4.35. The summed E-state index contributed by atoms with van der Waals surface area (Å²) in [6.07, 6.45) is 1.97. The third-order valence-electron chi connectivity index (χ3n) is 3.55. The van der Waals surface area contributed by atoms with E-state index in [1.807, 2.05) is 0 Å². The Kier molecular flexibility index (Phi) is 1.35. The standard InChI is InChI=1S/C9H13NO2/c1-9(2)5-3-4-6(9)8(11)7(5)10-12/h5-6,12H,3-4H2,1-2H3. The summed E-state index contributed by atoms with van der Waals surface area (Å²) in [7, 11) is 0. The molecule has 2 unspecified atom stereocenters. The molecule has 0 aromatic heterocycles. The first kappa shape index (κ1) is 7.77. The summed E-state index contributed by atoms with van der Waals surface area (Å²) < 4.78 is 0. The van der Waals surface area contributed by atoms with Gasteiger partial charge in [-0.15, -0.1) is 0 Å². The Bertz CT molecular complexity index is 268. The molecule has 2 aliphatic rings. The molecule has 2 fully saturated rings. The molecule has 2 bridgehead atoms. The van der Waals surface area contributed by atoms with Gasteiger partial charge in [-0.05, 0) is 18.3 Å². The van der Waals surface area contributed by atoms with Gasteiger partial charge in [-0.2, -0.15) is 0 Å². The molecule has 0 aromatic carbocycles. The summed E-state index contributed by atoms with van der Waals surface area (Å²) in [5.74, 6) is 0.368. The topological polar surface area (TPSA) is 49.7 Å². The van der Waals surface area contributed by atoms with E-state index >= 15 is 0 Å². The maximum atomic E-state index is 11.5. The number of rotatable bonds is 0. The summed E-state index contributed by atoms with van der Waals surface area (Å²) in [5.41, 5.74) is 0.440. The van der Waals surface area contributed by atoms with Crippen LogP contribution >= 0.6 is 0 Å². The largest absolute Gasteiger partial charge is 0.411 e. The zero-order valence-electron chi connectivity index (χ0n) is 7.37. The average Bonchev–Trinajstić information content (AvgIpc) is 2.38. The first-order valence-electron chi connectivity index (χ1n) is 4.35. The number of Topliss-reactive ketones (excluding diaryl/α,β-unsaturated/α-hetero) is 1. The van der Waals surface area contributed by atoms with Crippen LogP contribution in [-0.4, -0.2) is 16.7 Å². The van der Waals surface area contributed by atoms with Crippen LogP contribution in [0.2, 0.25) is 0 Å². The number of ketones is 1. The molecule has 0 heterocycles. The highest BCUT2D eigenvalue weighted by molar-refractivity contribution is 6.44. The van der Waals surface area contributed by atoms with Crippen molar-refractivity contribution in [3.63, 3.8) is 0 Å². The number of carbonyl (C=O) groups excluding carboxylic acids is 1. The molecule has 0 aliphatic heterocycles. The Hall–Kier alpha value is -0.860. The smallest absolute Gasteiger partial charge is 0.184 e. The van der Waals surface area contributed by atoms with Gasteiger partial charge in [0.2, 0.25) is 0 Å². The number of fused-ring (bicyclic) bond motifs is 2. The van der Waals surface area contributed by atoms with Gasteiger partial charge in [-0.25, -0.2) is 0 Å². The number of carbonyl (C=O) groups is 1. The van der Waals surface area contributed by atoms with Crippen molar-refractivity contribution in [2.45, 2.75) is 26.7 Å². The van der Waals surface area contributed by atoms with Gasteiger partial charge < -0.3 is 5.21 Å². The monoisotopic (exact) mass is 167 g/mol. The summed E-state index contributed by atoms with van der Waals surface area (Å²) in [6.45, 7) is 4.18. The molecular weight excluding hydrogens is 154 g/mol. The van der Waals surface area contributed by atoms with Crippen LogP contribution in [0.25, 0.3) is 0 Å². The lowest BCUT2D eigenvalue weighted by atomic mass is 9.82. The third kappa shape index (κ3) is 0.667. The molecule has 1 N–H and O–H groups in total. The molecule has 3 heteroatoms. The van der Waals surface area contributed by atoms with Crippen molar-refractivity contribution in [2.75, 3.05) is 0 Å². The fraction of sp³-hybridized carbons (Fsp3) is 0.778. The highest BCUT2D eigenvalue weighted by Gasteiger charge is 2.57. The molecule has 0 saturated heterocycles. The predicted octanol–water partition coefficient (Wildman–Crippen LogP) is 1.45. The SMILES string of the molecule is CC1(C)C2CCC1C(=NO)C2=O. The van der Waals surface area contributed by atoms with E-state index in [9.17, 15) is 4.79 Å². The van der Waals surface area contributed by atoms with Crippen molar-refractivity contribution >= 4 is 11.5 Å². The number of oxime groups is 1. The lowest BCUT2D eigenvalue weighted by Crippen LogP contribution is -2.21. The summed E-state index contributed by atoms with van der Waals surface area (Å²) in [6, 6.07) is 0. The Morgan fingerprint density at radius 1 is 1.42 bits per heavy atom. The zero-order chi connectivity index (χ0) is 8.93. The maximum Gasteiger partial charge on any atom is 0.184 e. The van der Waals surface area contributed by atoms with E-state index in [-0.39, 0.29) is 23.0 Å². The molecule has 12 heavy (non-hydrogen) atoms. The third-order valence-corrected chi connectivity index (χ3v) is 3.55. The predicted molar refractivity (Wildman–Crippen MR) is 44.2 cm³/mol. The lowest BCUT2D eigenvalue weighted by Gasteiger charge is -2.21. The average molecular weight is 167 g/mol. The fourth-order valence-electron chi connectivity index (χ4n) is 2.75. The molecule has 3 nitrogen and oxygen atoms in total. The molecular formula is C9H13NO2. The molecule has 0 radical (unpaired) electrons. The molecule has 2 saturated carbocycles. The van der Waals surface area contributed by atoms with Crippen LogP contribution in [0.5, 0.6) is 0 Å². The van der Waals surface area contributed by atoms with Crippen LogP contribution in [0.4, 0.5) is 0 Å². The van der Waals surface area contributed by atoms with Crippen LogP contribution < -0.4 is 0 Å². The number of hydrogen-bond donors (Lipinski definition) is 1. The van der Waals surface area contributed by atoms with Crippen molar-refractivity contribution in [3.05, 3.63) is 0 Å². The van der Waals surface area contributed by atoms with Crippen LogP contribution in [-0.2, 0) is 4.79 Å².